The first-order valence-electron chi connectivity index (χ1n) is 7.07. The maximum atomic E-state index is 5.54. The molecule has 4 heteroatoms. The first kappa shape index (κ1) is 14.0. The maximum Gasteiger partial charge on any atom is 0.141 e. The predicted molar refractivity (Wildman–Crippen MR) is 77.2 cm³/mol. The van der Waals surface area contributed by atoms with E-state index in [1.165, 1.54) is 0 Å². The first-order chi connectivity index (χ1) is 9.20. The molecule has 0 radical (unpaired) electrons. The van der Waals surface area contributed by atoms with Crippen molar-refractivity contribution in [2.75, 3.05) is 13.2 Å². The van der Waals surface area contributed by atoms with Gasteiger partial charge in [-0.05, 0) is 38.2 Å². The Morgan fingerprint density at radius 2 is 2.16 bits per heavy atom. The summed E-state index contributed by atoms with van der Waals surface area (Å²) in [6, 6.07) is 2.13. The van der Waals surface area contributed by atoms with Gasteiger partial charge in [0.25, 0.3) is 0 Å². The molecule has 0 spiro atoms. The van der Waals surface area contributed by atoms with Gasteiger partial charge >= 0.3 is 0 Å². The summed E-state index contributed by atoms with van der Waals surface area (Å²) in [5.74, 6) is 0.574. The topological polar surface area (TPSA) is 50.8 Å². The number of aromatic nitrogens is 3. The van der Waals surface area contributed by atoms with Crippen LogP contribution in [0.4, 0.5) is 0 Å². The van der Waals surface area contributed by atoms with Crippen molar-refractivity contribution in [2.45, 2.75) is 40.0 Å². The summed E-state index contributed by atoms with van der Waals surface area (Å²) in [6.45, 7) is 8.14. The number of hydrogen-bond donors (Lipinski definition) is 1. The van der Waals surface area contributed by atoms with Crippen LogP contribution in [-0.2, 0) is 11.2 Å². The predicted octanol–water partition coefficient (Wildman–Crippen LogP) is 3.26. The Hall–Kier alpha value is -1.42. The lowest BCUT2D eigenvalue weighted by Crippen LogP contribution is -2.07. The average Bonchev–Trinajstić information content (AvgIpc) is 2.76. The highest BCUT2D eigenvalue weighted by molar-refractivity contribution is 5.78. The highest BCUT2D eigenvalue weighted by atomic mass is 16.5. The molecule has 1 unspecified atom stereocenters. The van der Waals surface area contributed by atoms with E-state index < -0.39 is 0 Å². The van der Waals surface area contributed by atoms with E-state index >= 15 is 0 Å². The lowest BCUT2D eigenvalue weighted by molar-refractivity contribution is 0.122. The SMILES string of the molecule is CCCOCCC(C)Cc1ncnc2[nH]c(C)cc12. The highest BCUT2D eigenvalue weighted by Crippen LogP contribution is 2.19. The van der Waals surface area contributed by atoms with Gasteiger partial charge < -0.3 is 9.72 Å². The van der Waals surface area contributed by atoms with Crippen LogP contribution in [0.2, 0.25) is 0 Å². The number of fused-ring (bicyclic) bond motifs is 1. The summed E-state index contributed by atoms with van der Waals surface area (Å²) in [7, 11) is 0. The molecular formula is C15H23N3O. The number of nitrogens with zero attached hydrogens (tertiary/aromatic N) is 2. The Balaban J connectivity index is 1.96. The third kappa shape index (κ3) is 3.77. The van der Waals surface area contributed by atoms with Crippen molar-refractivity contribution in [3.8, 4) is 0 Å². The van der Waals surface area contributed by atoms with E-state index in [-0.39, 0.29) is 0 Å². The zero-order chi connectivity index (χ0) is 13.7. The van der Waals surface area contributed by atoms with Crippen molar-refractivity contribution in [3.63, 3.8) is 0 Å². The molecule has 0 aliphatic heterocycles. The van der Waals surface area contributed by atoms with Crippen molar-refractivity contribution in [1.29, 1.82) is 0 Å². The van der Waals surface area contributed by atoms with Crippen LogP contribution < -0.4 is 0 Å². The van der Waals surface area contributed by atoms with Gasteiger partial charge in [-0.15, -0.1) is 0 Å². The van der Waals surface area contributed by atoms with Crippen molar-refractivity contribution in [3.05, 3.63) is 23.8 Å². The van der Waals surface area contributed by atoms with E-state index in [4.69, 9.17) is 4.74 Å². The Labute approximate surface area is 114 Å². The summed E-state index contributed by atoms with van der Waals surface area (Å²) >= 11 is 0. The Kier molecular flexibility index (Phi) is 4.91. The molecule has 0 aliphatic rings. The second-order valence-corrected chi connectivity index (χ2v) is 5.25. The molecule has 0 amide bonds. The Morgan fingerprint density at radius 1 is 1.32 bits per heavy atom. The minimum absolute atomic E-state index is 0.574. The number of aryl methyl sites for hydroxylation is 1. The third-order valence-corrected chi connectivity index (χ3v) is 3.29. The molecule has 0 fully saturated rings. The van der Waals surface area contributed by atoms with Gasteiger partial charge in [0.1, 0.15) is 12.0 Å². The van der Waals surface area contributed by atoms with Gasteiger partial charge in [-0.2, -0.15) is 0 Å². The van der Waals surface area contributed by atoms with Gasteiger partial charge in [0.15, 0.2) is 0 Å². The quantitative estimate of drug-likeness (QED) is 0.778. The zero-order valence-electron chi connectivity index (χ0n) is 12.1. The van der Waals surface area contributed by atoms with E-state index in [2.05, 4.69) is 34.9 Å². The number of nitrogens with one attached hydrogen (secondary N) is 1. The van der Waals surface area contributed by atoms with Crippen LogP contribution in [0.25, 0.3) is 11.0 Å². The van der Waals surface area contributed by atoms with Crippen molar-refractivity contribution in [2.24, 2.45) is 5.92 Å². The van der Waals surface area contributed by atoms with E-state index in [1.807, 2.05) is 6.92 Å². The minimum atomic E-state index is 0.574. The van der Waals surface area contributed by atoms with E-state index in [9.17, 15) is 0 Å². The minimum Gasteiger partial charge on any atom is -0.381 e. The summed E-state index contributed by atoms with van der Waals surface area (Å²) in [4.78, 5) is 12.0. The summed E-state index contributed by atoms with van der Waals surface area (Å²) in [5, 5.41) is 1.15. The second kappa shape index (κ2) is 6.66. The van der Waals surface area contributed by atoms with Crippen LogP contribution in [0.5, 0.6) is 0 Å². The number of rotatable bonds is 7. The molecule has 0 aromatic carbocycles. The normalized spacial score (nSPS) is 13.0. The zero-order valence-corrected chi connectivity index (χ0v) is 12.1. The van der Waals surface area contributed by atoms with Crippen LogP contribution in [0.15, 0.2) is 12.4 Å². The first-order valence-corrected chi connectivity index (χ1v) is 7.07. The highest BCUT2D eigenvalue weighted by Gasteiger charge is 2.10. The largest absolute Gasteiger partial charge is 0.381 e. The Bertz CT molecular complexity index is 521. The molecule has 2 heterocycles. The number of H-pyrrole nitrogens is 1. The molecule has 0 aliphatic carbocycles. The van der Waals surface area contributed by atoms with Crippen LogP contribution >= 0.6 is 0 Å². The maximum absolute atomic E-state index is 5.54. The van der Waals surface area contributed by atoms with Crippen molar-refractivity contribution >= 4 is 11.0 Å². The molecule has 0 saturated heterocycles. The third-order valence-electron chi connectivity index (χ3n) is 3.29. The fraction of sp³-hybridized carbons (Fsp3) is 0.600. The smallest absolute Gasteiger partial charge is 0.141 e. The summed E-state index contributed by atoms with van der Waals surface area (Å²) < 4.78 is 5.54. The second-order valence-electron chi connectivity index (χ2n) is 5.25. The van der Waals surface area contributed by atoms with Gasteiger partial charge in [-0.25, -0.2) is 9.97 Å². The average molecular weight is 261 g/mol. The number of hydrogen-bond acceptors (Lipinski definition) is 3. The molecule has 2 aromatic rings. The molecular weight excluding hydrogens is 238 g/mol. The molecule has 104 valence electrons. The molecule has 4 nitrogen and oxygen atoms in total. The molecule has 2 rings (SSSR count). The van der Waals surface area contributed by atoms with Gasteiger partial charge in [-0.1, -0.05) is 13.8 Å². The molecule has 19 heavy (non-hydrogen) atoms. The lowest BCUT2D eigenvalue weighted by atomic mass is 10.0. The van der Waals surface area contributed by atoms with Gasteiger partial charge in [0, 0.05) is 24.3 Å². The van der Waals surface area contributed by atoms with Crippen molar-refractivity contribution < 1.29 is 4.74 Å². The molecule has 0 bridgehead atoms. The molecule has 2 aromatic heterocycles. The van der Waals surface area contributed by atoms with Gasteiger partial charge in [0.05, 0.1) is 5.69 Å². The van der Waals surface area contributed by atoms with Crippen LogP contribution in [-0.4, -0.2) is 28.2 Å². The molecule has 0 saturated carbocycles. The standard InChI is InChI=1S/C15H23N3O/c1-4-6-19-7-5-11(2)8-14-13-9-12(3)18-15(13)17-10-16-14/h9-11H,4-8H2,1-3H3,(H,16,17,18). The van der Waals surface area contributed by atoms with Gasteiger partial charge in [-0.3, -0.25) is 0 Å². The summed E-state index contributed by atoms with van der Waals surface area (Å²) in [6.07, 6.45) is 4.79. The van der Waals surface area contributed by atoms with E-state index in [0.717, 1.165) is 54.9 Å². The monoisotopic (exact) mass is 261 g/mol. The Morgan fingerprint density at radius 3 is 2.95 bits per heavy atom. The van der Waals surface area contributed by atoms with Crippen LogP contribution in [0.3, 0.4) is 0 Å². The summed E-state index contributed by atoms with van der Waals surface area (Å²) in [5.41, 5.74) is 3.21. The fourth-order valence-electron chi connectivity index (χ4n) is 2.25. The van der Waals surface area contributed by atoms with Crippen LogP contribution in [0, 0.1) is 12.8 Å². The number of ether oxygens (including phenoxy) is 1. The van der Waals surface area contributed by atoms with Gasteiger partial charge in [0.2, 0.25) is 0 Å². The molecule has 1 N–H and O–H groups in total. The van der Waals surface area contributed by atoms with Crippen molar-refractivity contribution in [1.82, 2.24) is 15.0 Å². The number of aromatic amines is 1. The fourth-order valence-corrected chi connectivity index (χ4v) is 2.25. The van der Waals surface area contributed by atoms with Crippen LogP contribution in [0.1, 0.15) is 38.1 Å². The van der Waals surface area contributed by atoms with E-state index in [0.29, 0.717) is 5.92 Å². The lowest BCUT2D eigenvalue weighted by Gasteiger charge is -2.11. The molecule has 1 atom stereocenters. The van der Waals surface area contributed by atoms with E-state index in [1.54, 1.807) is 6.33 Å².